The highest BCUT2D eigenvalue weighted by Crippen LogP contribution is 2.28. The number of nitrogens with two attached hydrogens (primary N) is 1. The Bertz CT molecular complexity index is 713. The Morgan fingerprint density at radius 2 is 2.10 bits per heavy atom. The van der Waals surface area contributed by atoms with Crippen LogP contribution in [0.1, 0.15) is 11.1 Å². The molecule has 2 aromatic carbocycles. The van der Waals surface area contributed by atoms with Crippen LogP contribution in [0.4, 0.5) is 5.69 Å². The molecule has 0 aliphatic rings. The predicted octanol–water partition coefficient (Wildman–Crippen LogP) is 2.79. The Labute approximate surface area is 120 Å². The van der Waals surface area contributed by atoms with E-state index in [-0.39, 0.29) is 11.5 Å². The Morgan fingerprint density at radius 3 is 2.76 bits per heavy atom. The fourth-order valence-corrected chi connectivity index (χ4v) is 1.77. The van der Waals surface area contributed by atoms with Gasteiger partial charge in [0.05, 0.1) is 16.6 Å². The second kappa shape index (κ2) is 5.91. The highest BCUT2D eigenvalue weighted by atomic mass is 16.6. The summed E-state index contributed by atoms with van der Waals surface area (Å²) in [5.41, 5.74) is 6.84. The summed E-state index contributed by atoms with van der Waals surface area (Å²) in [4.78, 5) is 10.2. The zero-order valence-corrected chi connectivity index (χ0v) is 11.2. The number of hydrogen-bond acceptors (Lipinski definition) is 5. The number of nitro groups is 1. The van der Waals surface area contributed by atoms with E-state index in [1.165, 1.54) is 18.2 Å². The summed E-state index contributed by atoms with van der Waals surface area (Å²) in [5, 5.41) is 22.5. The number of benzene rings is 2. The zero-order chi connectivity index (χ0) is 15.4. The van der Waals surface area contributed by atoms with Gasteiger partial charge in [0.1, 0.15) is 11.5 Å². The second-order valence-corrected chi connectivity index (χ2v) is 4.34. The van der Waals surface area contributed by atoms with Crippen LogP contribution in [0, 0.1) is 17.0 Å². The smallest absolute Gasteiger partial charge is 0.273 e. The normalized spacial score (nSPS) is 11.2. The van der Waals surface area contributed by atoms with Gasteiger partial charge < -0.3 is 15.7 Å². The standard InChI is InChI=1S/C14H13N3O4/c1-9-5-6-13(12(7-9)14(15)16-18)21-11-4-2-3-10(8-11)17(19)20/h2-8,18H,1H3,(H2,15,16). The molecule has 2 aromatic rings. The molecule has 7 heteroatoms. The Morgan fingerprint density at radius 1 is 1.33 bits per heavy atom. The van der Waals surface area contributed by atoms with Crippen molar-refractivity contribution in [2.75, 3.05) is 0 Å². The highest BCUT2D eigenvalue weighted by Gasteiger charge is 2.12. The monoisotopic (exact) mass is 287 g/mol. The first-order chi connectivity index (χ1) is 10.0. The van der Waals surface area contributed by atoms with Crippen LogP contribution in [0.5, 0.6) is 11.5 Å². The van der Waals surface area contributed by atoms with E-state index in [0.717, 1.165) is 5.56 Å². The third kappa shape index (κ3) is 3.27. The zero-order valence-electron chi connectivity index (χ0n) is 11.2. The van der Waals surface area contributed by atoms with Crippen LogP contribution in [0.2, 0.25) is 0 Å². The molecule has 0 unspecified atom stereocenters. The lowest BCUT2D eigenvalue weighted by atomic mass is 10.1. The van der Waals surface area contributed by atoms with E-state index in [4.69, 9.17) is 15.7 Å². The van der Waals surface area contributed by atoms with Crippen molar-refractivity contribution in [3.8, 4) is 11.5 Å². The molecule has 0 atom stereocenters. The summed E-state index contributed by atoms with van der Waals surface area (Å²) < 4.78 is 5.60. The summed E-state index contributed by atoms with van der Waals surface area (Å²) in [6, 6.07) is 10.9. The van der Waals surface area contributed by atoms with Crippen molar-refractivity contribution >= 4 is 11.5 Å². The molecule has 0 fully saturated rings. The molecule has 0 spiro atoms. The summed E-state index contributed by atoms with van der Waals surface area (Å²) in [6.45, 7) is 1.85. The quantitative estimate of drug-likeness (QED) is 0.295. The van der Waals surface area contributed by atoms with E-state index < -0.39 is 4.92 Å². The lowest BCUT2D eigenvalue weighted by Gasteiger charge is -2.11. The van der Waals surface area contributed by atoms with Crippen LogP contribution in [0.25, 0.3) is 0 Å². The summed E-state index contributed by atoms with van der Waals surface area (Å²) in [5.74, 6) is 0.538. The Balaban J connectivity index is 2.40. The van der Waals surface area contributed by atoms with E-state index in [1.54, 1.807) is 24.3 Å². The van der Waals surface area contributed by atoms with Crippen molar-refractivity contribution in [1.29, 1.82) is 0 Å². The van der Waals surface area contributed by atoms with Crippen molar-refractivity contribution in [2.45, 2.75) is 6.92 Å². The molecule has 0 aliphatic carbocycles. The molecule has 0 amide bonds. The first kappa shape index (κ1) is 14.3. The number of nitro benzene ring substituents is 1. The SMILES string of the molecule is Cc1ccc(Oc2cccc([N+](=O)[O-])c2)c(/C(N)=N/O)c1. The molecular weight excluding hydrogens is 274 g/mol. The number of ether oxygens (including phenoxy) is 1. The molecule has 0 heterocycles. The maximum absolute atomic E-state index is 10.7. The summed E-state index contributed by atoms with van der Waals surface area (Å²) in [6.07, 6.45) is 0. The fourth-order valence-electron chi connectivity index (χ4n) is 1.77. The van der Waals surface area contributed by atoms with Gasteiger partial charge >= 0.3 is 0 Å². The average molecular weight is 287 g/mol. The van der Waals surface area contributed by atoms with Gasteiger partial charge in [0, 0.05) is 6.07 Å². The van der Waals surface area contributed by atoms with Crippen molar-refractivity contribution in [3.05, 3.63) is 63.7 Å². The van der Waals surface area contributed by atoms with Crippen LogP contribution in [0.15, 0.2) is 47.6 Å². The van der Waals surface area contributed by atoms with Gasteiger partial charge in [0.25, 0.3) is 5.69 Å². The number of nitrogens with zero attached hydrogens (tertiary/aromatic N) is 2. The van der Waals surface area contributed by atoms with Gasteiger partial charge in [-0.3, -0.25) is 10.1 Å². The number of rotatable bonds is 4. The maximum atomic E-state index is 10.7. The molecule has 3 N–H and O–H groups in total. The van der Waals surface area contributed by atoms with Gasteiger partial charge in [-0.05, 0) is 25.1 Å². The summed E-state index contributed by atoms with van der Waals surface area (Å²) in [7, 11) is 0. The van der Waals surface area contributed by atoms with Crippen molar-refractivity contribution in [3.63, 3.8) is 0 Å². The third-order valence-electron chi connectivity index (χ3n) is 2.78. The molecule has 7 nitrogen and oxygen atoms in total. The molecule has 2 rings (SSSR count). The molecule has 0 aliphatic heterocycles. The summed E-state index contributed by atoms with van der Waals surface area (Å²) >= 11 is 0. The minimum absolute atomic E-state index is 0.0787. The first-order valence-electron chi connectivity index (χ1n) is 6.02. The first-order valence-corrected chi connectivity index (χ1v) is 6.02. The molecule has 21 heavy (non-hydrogen) atoms. The highest BCUT2D eigenvalue weighted by molar-refractivity contribution is 5.99. The number of amidine groups is 1. The Hall–Kier alpha value is -3.09. The van der Waals surface area contributed by atoms with Gasteiger partial charge in [0.2, 0.25) is 0 Å². The molecule has 0 radical (unpaired) electrons. The average Bonchev–Trinajstić information content (AvgIpc) is 2.48. The molecule has 0 aromatic heterocycles. The van der Waals surface area contributed by atoms with Gasteiger partial charge in [0.15, 0.2) is 5.84 Å². The fraction of sp³-hybridized carbons (Fsp3) is 0.0714. The Kier molecular flexibility index (Phi) is 4.03. The second-order valence-electron chi connectivity index (χ2n) is 4.34. The molecule has 108 valence electrons. The van der Waals surface area contributed by atoms with Crippen LogP contribution in [-0.4, -0.2) is 16.0 Å². The third-order valence-corrected chi connectivity index (χ3v) is 2.78. The van der Waals surface area contributed by atoms with Crippen molar-refractivity contribution in [2.24, 2.45) is 10.9 Å². The van der Waals surface area contributed by atoms with Crippen LogP contribution in [0.3, 0.4) is 0 Å². The number of aryl methyl sites for hydroxylation is 1. The molecule has 0 saturated heterocycles. The number of hydrogen-bond donors (Lipinski definition) is 2. The largest absolute Gasteiger partial charge is 0.456 e. The molecular formula is C14H13N3O4. The van der Waals surface area contributed by atoms with E-state index in [1.807, 2.05) is 6.92 Å². The van der Waals surface area contributed by atoms with E-state index >= 15 is 0 Å². The minimum Gasteiger partial charge on any atom is -0.456 e. The van der Waals surface area contributed by atoms with E-state index in [2.05, 4.69) is 5.16 Å². The molecule has 0 bridgehead atoms. The van der Waals surface area contributed by atoms with Gasteiger partial charge in [-0.25, -0.2) is 0 Å². The van der Waals surface area contributed by atoms with Crippen molar-refractivity contribution < 1.29 is 14.9 Å². The minimum atomic E-state index is -0.507. The predicted molar refractivity (Wildman–Crippen MR) is 76.9 cm³/mol. The topological polar surface area (TPSA) is 111 Å². The molecule has 0 saturated carbocycles. The lowest BCUT2D eigenvalue weighted by Crippen LogP contribution is -2.14. The van der Waals surface area contributed by atoms with Crippen LogP contribution < -0.4 is 10.5 Å². The number of oxime groups is 1. The van der Waals surface area contributed by atoms with Gasteiger partial charge in [-0.15, -0.1) is 0 Å². The van der Waals surface area contributed by atoms with E-state index in [0.29, 0.717) is 17.1 Å². The lowest BCUT2D eigenvalue weighted by molar-refractivity contribution is -0.384. The van der Waals surface area contributed by atoms with Crippen LogP contribution in [-0.2, 0) is 0 Å². The van der Waals surface area contributed by atoms with Gasteiger partial charge in [-0.2, -0.15) is 0 Å². The van der Waals surface area contributed by atoms with Gasteiger partial charge in [-0.1, -0.05) is 22.9 Å². The number of non-ortho nitro benzene ring substituents is 1. The maximum Gasteiger partial charge on any atom is 0.273 e. The van der Waals surface area contributed by atoms with Crippen LogP contribution >= 0.6 is 0 Å². The van der Waals surface area contributed by atoms with E-state index in [9.17, 15) is 10.1 Å². The van der Waals surface area contributed by atoms with Crippen molar-refractivity contribution in [1.82, 2.24) is 0 Å².